The first-order chi connectivity index (χ1) is 11.9. The summed E-state index contributed by atoms with van der Waals surface area (Å²) < 4.78 is 5.95. The molecule has 1 saturated heterocycles. The normalized spacial score (nSPS) is 16.7. The zero-order valence-electron chi connectivity index (χ0n) is 14.0. The predicted molar refractivity (Wildman–Crippen MR) is 96.1 cm³/mol. The van der Waals surface area contributed by atoms with Gasteiger partial charge in [-0.3, -0.25) is 4.90 Å². The Bertz CT molecular complexity index is 612. The lowest BCUT2D eigenvalue weighted by atomic mass is 10.0. The van der Waals surface area contributed by atoms with Crippen molar-refractivity contribution in [2.24, 2.45) is 0 Å². The van der Waals surface area contributed by atoms with Gasteiger partial charge in [-0.1, -0.05) is 42.5 Å². The van der Waals surface area contributed by atoms with Crippen molar-refractivity contribution in [3.05, 3.63) is 65.7 Å². The summed E-state index contributed by atoms with van der Waals surface area (Å²) in [5.74, 6) is 0.884. The van der Waals surface area contributed by atoms with Crippen LogP contribution in [0, 0.1) is 0 Å². The Hall–Kier alpha value is -1.88. The van der Waals surface area contributed by atoms with Gasteiger partial charge in [0, 0.05) is 38.8 Å². The lowest BCUT2D eigenvalue weighted by Crippen LogP contribution is -2.45. The van der Waals surface area contributed by atoms with Gasteiger partial charge in [-0.2, -0.15) is 0 Å². The van der Waals surface area contributed by atoms with E-state index in [-0.39, 0.29) is 12.6 Å². The zero-order chi connectivity index (χ0) is 16.6. The summed E-state index contributed by atoms with van der Waals surface area (Å²) in [6.45, 7) is 4.81. The van der Waals surface area contributed by atoms with Crippen LogP contribution >= 0.6 is 0 Å². The summed E-state index contributed by atoms with van der Waals surface area (Å²) in [6.07, 6.45) is 0.752. The smallest absolute Gasteiger partial charge is 0.120 e. The molecule has 1 fully saturated rings. The lowest BCUT2D eigenvalue weighted by Gasteiger charge is -2.35. The highest BCUT2D eigenvalue weighted by Gasteiger charge is 2.22. The van der Waals surface area contributed by atoms with E-state index in [1.165, 1.54) is 5.56 Å². The molecule has 24 heavy (non-hydrogen) atoms. The first kappa shape index (κ1) is 17.0. The second kappa shape index (κ2) is 8.83. The van der Waals surface area contributed by atoms with Crippen molar-refractivity contribution in [3.8, 4) is 5.75 Å². The average molecular weight is 326 g/mol. The molecular formula is C20H26N2O2. The number of aliphatic hydroxyl groups excluding tert-OH is 1. The van der Waals surface area contributed by atoms with Crippen LogP contribution in [-0.2, 0) is 6.61 Å². The van der Waals surface area contributed by atoms with Crippen molar-refractivity contribution >= 4 is 0 Å². The van der Waals surface area contributed by atoms with Crippen molar-refractivity contribution < 1.29 is 9.84 Å². The number of piperazine rings is 1. The van der Waals surface area contributed by atoms with Crippen LogP contribution in [0.1, 0.15) is 23.6 Å². The van der Waals surface area contributed by atoms with Crippen LogP contribution in [0.4, 0.5) is 0 Å². The van der Waals surface area contributed by atoms with Crippen LogP contribution in [0.3, 0.4) is 0 Å². The van der Waals surface area contributed by atoms with Gasteiger partial charge in [-0.15, -0.1) is 0 Å². The summed E-state index contributed by atoms with van der Waals surface area (Å²) in [5, 5.41) is 12.9. The molecule has 1 atom stereocenters. The van der Waals surface area contributed by atoms with E-state index in [2.05, 4.69) is 34.5 Å². The van der Waals surface area contributed by atoms with Crippen molar-refractivity contribution in [2.45, 2.75) is 19.1 Å². The van der Waals surface area contributed by atoms with E-state index < -0.39 is 0 Å². The largest absolute Gasteiger partial charge is 0.489 e. The maximum atomic E-state index is 9.48. The molecule has 1 heterocycles. The molecule has 0 spiro atoms. The molecule has 4 nitrogen and oxygen atoms in total. The molecule has 3 rings (SSSR count). The summed E-state index contributed by atoms with van der Waals surface area (Å²) in [4.78, 5) is 2.45. The molecule has 0 unspecified atom stereocenters. The summed E-state index contributed by atoms with van der Waals surface area (Å²) in [7, 11) is 0. The second-order valence-electron chi connectivity index (χ2n) is 6.16. The Kier molecular flexibility index (Phi) is 6.24. The van der Waals surface area contributed by atoms with Crippen molar-refractivity contribution in [1.29, 1.82) is 0 Å². The molecule has 2 aromatic carbocycles. The third kappa shape index (κ3) is 4.57. The third-order valence-electron chi connectivity index (χ3n) is 4.49. The van der Waals surface area contributed by atoms with Gasteiger partial charge < -0.3 is 15.2 Å². The number of benzene rings is 2. The molecule has 0 bridgehead atoms. The number of nitrogens with zero attached hydrogens (tertiary/aromatic N) is 1. The van der Waals surface area contributed by atoms with Gasteiger partial charge in [0.1, 0.15) is 12.4 Å². The number of hydrogen-bond acceptors (Lipinski definition) is 4. The lowest BCUT2D eigenvalue weighted by molar-refractivity contribution is 0.141. The molecule has 1 aliphatic heterocycles. The first-order valence-electron chi connectivity index (χ1n) is 8.69. The molecule has 0 aliphatic carbocycles. The molecule has 0 amide bonds. The first-order valence-corrected chi connectivity index (χ1v) is 8.69. The standard InChI is InChI=1S/C20H26N2O2/c23-14-9-20(22-12-10-21-11-13-22)18-7-4-8-19(15-18)24-16-17-5-2-1-3-6-17/h1-8,15,20-21,23H,9-14,16H2/t20-/m0/s1. The van der Waals surface area contributed by atoms with E-state index in [1.54, 1.807) is 0 Å². The molecule has 0 saturated carbocycles. The summed E-state index contributed by atoms with van der Waals surface area (Å²) in [5.41, 5.74) is 2.38. The van der Waals surface area contributed by atoms with Crippen LogP contribution in [-0.4, -0.2) is 42.8 Å². The van der Waals surface area contributed by atoms with E-state index in [1.807, 2.05) is 30.3 Å². The fourth-order valence-electron chi connectivity index (χ4n) is 3.23. The molecule has 1 aliphatic rings. The van der Waals surface area contributed by atoms with Crippen LogP contribution < -0.4 is 10.1 Å². The molecule has 128 valence electrons. The Labute approximate surface area is 144 Å². The van der Waals surface area contributed by atoms with E-state index in [0.29, 0.717) is 6.61 Å². The number of ether oxygens (including phenoxy) is 1. The molecule has 2 aromatic rings. The highest BCUT2D eigenvalue weighted by Crippen LogP contribution is 2.27. The van der Waals surface area contributed by atoms with E-state index in [9.17, 15) is 5.11 Å². The molecule has 2 N–H and O–H groups in total. The van der Waals surface area contributed by atoms with Crippen LogP contribution in [0.15, 0.2) is 54.6 Å². The zero-order valence-corrected chi connectivity index (χ0v) is 14.0. The molecular weight excluding hydrogens is 300 g/mol. The van der Waals surface area contributed by atoms with Gasteiger partial charge in [-0.05, 0) is 29.7 Å². The minimum absolute atomic E-state index is 0.198. The number of nitrogens with one attached hydrogen (secondary N) is 1. The number of hydrogen-bond donors (Lipinski definition) is 2. The van der Waals surface area contributed by atoms with Crippen LogP contribution in [0.25, 0.3) is 0 Å². The van der Waals surface area contributed by atoms with E-state index >= 15 is 0 Å². The topological polar surface area (TPSA) is 44.7 Å². The highest BCUT2D eigenvalue weighted by atomic mass is 16.5. The quantitative estimate of drug-likeness (QED) is 0.821. The monoisotopic (exact) mass is 326 g/mol. The van der Waals surface area contributed by atoms with Gasteiger partial charge in [0.05, 0.1) is 0 Å². The van der Waals surface area contributed by atoms with Crippen LogP contribution in [0.2, 0.25) is 0 Å². The minimum atomic E-state index is 0.198. The number of aliphatic hydroxyl groups is 1. The summed E-state index contributed by atoms with van der Waals surface area (Å²) >= 11 is 0. The number of rotatable bonds is 7. The van der Waals surface area contributed by atoms with Gasteiger partial charge in [-0.25, -0.2) is 0 Å². The fourth-order valence-corrected chi connectivity index (χ4v) is 3.23. The van der Waals surface area contributed by atoms with Gasteiger partial charge in [0.15, 0.2) is 0 Å². The maximum absolute atomic E-state index is 9.48. The average Bonchev–Trinajstić information content (AvgIpc) is 2.66. The predicted octanol–water partition coefficient (Wildman–Crippen LogP) is 2.59. The Morgan fingerprint density at radius 2 is 1.83 bits per heavy atom. The van der Waals surface area contributed by atoms with Gasteiger partial charge in [0.2, 0.25) is 0 Å². The molecule has 4 heteroatoms. The summed E-state index contributed by atoms with van der Waals surface area (Å²) in [6, 6.07) is 18.7. The Morgan fingerprint density at radius 1 is 1.04 bits per heavy atom. The van der Waals surface area contributed by atoms with Gasteiger partial charge >= 0.3 is 0 Å². The van der Waals surface area contributed by atoms with Crippen molar-refractivity contribution in [3.63, 3.8) is 0 Å². The van der Waals surface area contributed by atoms with E-state index in [4.69, 9.17) is 4.74 Å². The second-order valence-corrected chi connectivity index (χ2v) is 6.16. The fraction of sp³-hybridized carbons (Fsp3) is 0.400. The van der Waals surface area contributed by atoms with Crippen molar-refractivity contribution in [1.82, 2.24) is 10.2 Å². The SMILES string of the molecule is OCC[C@@H](c1cccc(OCc2ccccc2)c1)N1CCNCC1. The van der Waals surface area contributed by atoms with Crippen LogP contribution in [0.5, 0.6) is 5.75 Å². The Morgan fingerprint density at radius 3 is 2.58 bits per heavy atom. The van der Waals surface area contributed by atoms with Gasteiger partial charge in [0.25, 0.3) is 0 Å². The molecule has 0 radical (unpaired) electrons. The Balaban J connectivity index is 1.69. The van der Waals surface area contributed by atoms with Crippen molar-refractivity contribution in [2.75, 3.05) is 32.8 Å². The minimum Gasteiger partial charge on any atom is -0.489 e. The van der Waals surface area contributed by atoms with E-state index in [0.717, 1.165) is 43.9 Å². The molecule has 0 aromatic heterocycles. The maximum Gasteiger partial charge on any atom is 0.120 e. The third-order valence-corrected chi connectivity index (χ3v) is 4.49. The highest BCUT2D eigenvalue weighted by molar-refractivity contribution is 5.31.